The lowest BCUT2D eigenvalue weighted by Gasteiger charge is -2.23. The Labute approximate surface area is 121 Å². The zero-order chi connectivity index (χ0) is 14.5. The molecule has 0 atom stereocenters. The second-order valence-corrected chi connectivity index (χ2v) is 5.29. The number of benzene rings is 1. The zero-order valence-corrected chi connectivity index (χ0v) is 11.7. The van der Waals surface area contributed by atoms with Gasteiger partial charge < -0.3 is 10.6 Å². The van der Waals surface area contributed by atoms with Crippen LogP contribution in [-0.4, -0.2) is 16.9 Å². The Morgan fingerprint density at radius 3 is 2.55 bits per heavy atom. The molecule has 0 unspecified atom stereocenters. The molecule has 1 aromatic rings. The van der Waals surface area contributed by atoms with Crippen molar-refractivity contribution in [2.24, 2.45) is 0 Å². The number of hydrogen-bond acceptors (Lipinski definition) is 2. The Morgan fingerprint density at radius 1 is 1.20 bits per heavy atom. The third kappa shape index (κ3) is 3.96. The molecule has 0 radical (unpaired) electrons. The van der Waals surface area contributed by atoms with Crippen molar-refractivity contribution in [3.05, 3.63) is 29.8 Å². The van der Waals surface area contributed by atoms with Gasteiger partial charge in [0.2, 0.25) is 0 Å². The van der Waals surface area contributed by atoms with Gasteiger partial charge in [0.1, 0.15) is 11.6 Å². The van der Waals surface area contributed by atoms with E-state index in [2.05, 4.69) is 10.6 Å². The minimum atomic E-state index is -0.821. The first kappa shape index (κ1) is 14.8. The molecule has 0 aliphatic heterocycles. The predicted octanol–water partition coefficient (Wildman–Crippen LogP) is 3.15. The molecule has 0 bridgehead atoms. The van der Waals surface area contributed by atoms with Crippen molar-refractivity contribution >= 4 is 28.8 Å². The number of anilines is 1. The van der Waals surface area contributed by atoms with Gasteiger partial charge in [-0.25, -0.2) is 8.78 Å². The Bertz CT molecular complexity index is 516. The van der Waals surface area contributed by atoms with Crippen LogP contribution in [0.15, 0.2) is 18.2 Å². The molecule has 1 aromatic carbocycles. The minimum absolute atomic E-state index is 0.0422. The fourth-order valence-corrected chi connectivity index (χ4v) is 2.49. The summed E-state index contributed by atoms with van der Waals surface area (Å²) in [5, 5.41) is 5.34. The maximum Gasteiger partial charge on any atom is 0.283 e. The van der Waals surface area contributed by atoms with Crippen LogP contribution in [0.25, 0.3) is 0 Å². The Morgan fingerprint density at radius 2 is 1.90 bits per heavy atom. The van der Waals surface area contributed by atoms with Gasteiger partial charge in [-0.15, -0.1) is 0 Å². The number of rotatable bonds is 2. The van der Waals surface area contributed by atoms with Gasteiger partial charge in [-0.2, -0.15) is 0 Å². The number of thiocarbonyl (C=S) groups is 1. The van der Waals surface area contributed by atoms with E-state index in [0.29, 0.717) is 6.07 Å². The van der Waals surface area contributed by atoms with Crippen LogP contribution >= 0.6 is 12.2 Å². The maximum absolute atomic E-state index is 13.4. The Hall–Kier alpha value is -1.56. The summed E-state index contributed by atoms with van der Waals surface area (Å²) in [6.07, 6.45) is 5.41. The highest BCUT2D eigenvalue weighted by Crippen LogP contribution is 2.18. The van der Waals surface area contributed by atoms with Gasteiger partial charge in [0.15, 0.2) is 4.99 Å². The fraction of sp³-hybridized carbons (Fsp3) is 0.429. The molecule has 0 heterocycles. The van der Waals surface area contributed by atoms with E-state index >= 15 is 0 Å². The molecule has 20 heavy (non-hydrogen) atoms. The third-order valence-corrected chi connectivity index (χ3v) is 3.63. The molecule has 6 heteroatoms. The molecule has 0 saturated heterocycles. The molecule has 1 amide bonds. The van der Waals surface area contributed by atoms with E-state index in [9.17, 15) is 13.6 Å². The average Bonchev–Trinajstić information content (AvgIpc) is 2.43. The van der Waals surface area contributed by atoms with Crippen LogP contribution < -0.4 is 10.6 Å². The molecular weight excluding hydrogens is 282 g/mol. The monoisotopic (exact) mass is 298 g/mol. The van der Waals surface area contributed by atoms with E-state index in [4.69, 9.17) is 12.2 Å². The summed E-state index contributed by atoms with van der Waals surface area (Å²) < 4.78 is 26.2. The average molecular weight is 298 g/mol. The van der Waals surface area contributed by atoms with Gasteiger partial charge in [-0.05, 0) is 25.0 Å². The molecule has 1 aliphatic rings. The normalized spacial score (nSPS) is 15.7. The lowest BCUT2D eigenvalue weighted by Crippen LogP contribution is -2.41. The standard InChI is InChI=1S/C14H16F2N2OS/c15-9-6-7-12(11(16)8-9)18-13(19)14(20)17-10-4-2-1-3-5-10/h6-8,10H,1-5H2,(H,17,20)(H,18,19). The zero-order valence-electron chi connectivity index (χ0n) is 10.9. The Kier molecular flexibility index (Phi) is 5.00. The number of amides is 1. The van der Waals surface area contributed by atoms with Crippen molar-refractivity contribution in [2.75, 3.05) is 5.32 Å². The smallest absolute Gasteiger partial charge is 0.283 e. The van der Waals surface area contributed by atoms with Gasteiger partial charge in [-0.1, -0.05) is 31.5 Å². The molecule has 2 N–H and O–H groups in total. The van der Waals surface area contributed by atoms with Gasteiger partial charge in [-0.3, -0.25) is 4.79 Å². The largest absolute Gasteiger partial charge is 0.369 e. The van der Waals surface area contributed by atoms with E-state index in [1.54, 1.807) is 0 Å². The van der Waals surface area contributed by atoms with Crippen molar-refractivity contribution < 1.29 is 13.6 Å². The summed E-state index contributed by atoms with van der Waals surface area (Å²) in [7, 11) is 0. The summed E-state index contributed by atoms with van der Waals surface area (Å²) in [4.78, 5) is 11.9. The van der Waals surface area contributed by atoms with Crippen LogP contribution in [0.4, 0.5) is 14.5 Å². The maximum atomic E-state index is 13.4. The number of carbonyl (C=O) groups excluding carboxylic acids is 1. The first-order chi connectivity index (χ1) is 9.56. The summed E-state index contributed by atoms with van der Waals surface area (Å²) in [6, 6.07) is 3.18. The van der Waals surface area contributed by atoms with Gasteiger partial charge in [0, 0.05) is 12.1 Å². The Balaban J connectivity index is 1.91. The molecule has 3 nitrogen and oxygen atoms in total. The quantitative estimate of drug-likeness (QED) is 0.824. The third-order valence-electron chi connectivity index (χ3n) is 3.33. The van der Waals surface area contributed by atoms with Crippen LogP contribution in [-0.2, 0) is 4.79 Å². The van der Waals surface area contributed by atoms with Crippen molar-refractivity contribution in [2.45, 2.75) is 38.1 Å². The van der Waals surface area contributed by atoms with Crippen LogP contribution in [0.5, 0.6) is 0 Å². The SMILES string of the molecule is O=C(Nc1ccc(F)cc1F)C(=S)NC1CCCCC1. The number of carbonyl (C=O) groups is 1. The topological polar surface area (TPSA) is 41.1 Å². The second kappa shape index (κ2) is 6.74. The van der Waals surface area contributed by atoms with E-state index in [1.165, 1.54) is 12.5 Å². The highest BCUT2D eigenvalue weighted by atomic mass is 32.1. The van der Waals surface area contributed by atoms with E-state index in [0.717, 1.165) is 31.7 Å². The summed E-state index contributed by atoms with van der Waals surface area (Å²) >= 11 is 5.01. The highest BCUT2D eigenvalue weighted by molar-refractivity contribution is 7.82. The van der Waals surface area contributed by atoms with Crippen molar-refractivity contribution in [1.82, 2.24) is 5.32 Å². The molecule has 1 aliphatic carbocycles. The molecule has 1 fully saturated rings. The first-order valence-corrected chi connectivity index (χ1v) is 7.04. The molecule has 0 aromatic heterocycles. The predicted molar refractivity (Wildman–Crippen MR) is 77.6 cm³/mol. The van der Waals surface area contributed by atoms with Gasteiger partial charge in [0.25, 0.3) is 5.91 Å². The molecule has 0 spiro atoms. The van der Waals surface area contributed by atoms with E-state index in [-0.39, 0.29) is 16.7 Å². The van der Waals surface area contributed by atoms with Crippen LogP contribution in [0.1, 0.15) is 32.1 Å². The van der Waals surface area contributed by atoms with E-state index in [1.807, 2.05) is 0 Å². The summed E-state index contributed by atoms with van der Waals surface area (Å²) in [6.45, 7) is 0. The van der Waals surface area contributed by atoms with Crippen LogP contribution in [0.2, 0.25) is 0 Å². The van der Waals surface area contributed by atoms with Gasteiger partial charge in [0.05, 0.1) is 5.69 Å². The number of nitrogens with one attached hydrogen (secondary N) is 2. The number of hydrogen-bond donors (Lipinski definition) is 2. The molecule has 1 saturated carbocycles. The lowest BCUT2D eigenvalue weighted by molar-refractivity contribution is -0.110. The lowest BCUT2D eigenvalue weighted by atomic mass is 9.95. The van der Waals surface area contributed by atoms with Crippen LogP contribution in [0, 0.1) is 11.6 Å². The fourth-order valence-electron chi connectivity index (χ4n) is 2.27. The second-order valence-electron chi connectivity index (χ2n) is 4.89. The summed E-state index contributed by atoms with van der Waals surface area (Å²) in [5.41, 5.74) is -0.0794. The van der Waals surface area contributed by atoms with Gasteiger partial charge >= 0.3 is 0 Å². The van der Waals surface area contributed by atoms with Crippen LogP contribution in [0.3, 0.4) is 0 Å². The van der Waals surface area contributed by atoms with Crippen molar-refractivity contribution in [1.29, 1.82) is 0 Å². The summed E-state index contributed by atoms with van der Waals surface area (Å²) in [5.74, 6) is -2.08. The van der Waals surface area contributed by atoms with Crippen molar-refractivity contribution in [3.63, 3.8) is 0 Å². The molecule has 108 valence electrons. The van der Waals surface area contributed by atoms with E-state index < -0.39 is 17.5 Å². The minimum Gasteiger partial charge on any atom is -0.369 e. The molecular formula is C14H16F2N2OS. The first-order valence-electron chi connectivity index (χ1n) is 6.63. The number of halogens is 2. The highest BCUT2D eigenvalue weighted by Gasteiger charge is 2.18. The van der Waals surface area contributed by atoms with Crippen molar-refractivity contribution in [3.8, 4) is 0 Å². The molecule has 2 rings (SSSR count).